The standard InChI is InChI=1S/C48H48F2N10O5/c1-25-18-32(19-26(2)38(25)49)40-42(58-14-13-57(46(58)63)36-11-10-35-33(39(36)50)24-51-55(35)7)41-28(4)56(15-16-59(41)53-40)43(61)37-21-31-20-29(30-12-17-64-47(5,6)23-30)8-9-34(31)60(37)48(22-27(48)3)44-52-45(62)65-54-44/h8-11,13-14,18-21,24,27-28,30H,12,15-17,22-23H2,1-7H3,(H,52,54,62). The second-order valence-electron chi connectivity index (χ2n) is 18.8. The molecule has 1 aliphatic carbocycles. The smallest absolute Gasteiger partial charge is 0.376 e. The minimum atomic E-state index is -0.858. The Labute approximate surface area is 370 Å². The number of hydrogen-bond acceptors (Lipinski definition) is 8. The average Bonchev–Trinajstić information content (AvgIpc) is 3.90. The Balaban J connectivity index is 1.06. The van der Waals surface area contributed by atoms with Gasteiger partial charge in [0.05, 0.1) is 46.7 Å². The molecule has 4 unspecified atom stereocenters. The van der Waals surface area contributed by atoms with Crippen LogP contribution >= 0.6 is 0 Å². The summed E-state index contributed by atoms with van der Waals surface area (Å²) in [6.45, 7) is 12.7. The molecule has 0 spiro atoms. The molecule has 8 aromatic rings. The van der Waals surface area contributed by atoms with Crippen LogP contribution in [0.2, 0.25) is 0 Å². The Morgan fingerprint density at radius 1 is 0.923 bits per heavy atom. The SMILES string of the molecule is Cc1cc(-c2nn3c(c2-n2ccn(-c4ccc5c(cnn5C)c4F)c2=O)C(C)N(C(=O)c2cc4cc(C5CCOC(C)(C)C5)ccc4n2C2(c4noc(=O)[nH]4)CC2C)CC3)cc(C)c1F. The van der Waals surface area contributed by atoms with Gasteiger partial charge in [-0.1, -0.05) is 18.1 Å². The number of aromatic amines is 1. The zero-order valence-electron chi connectivity index (χ0n) is 37.1. The molecule has 15 nitrogen and oxygen atoms in total. The van der Waals surface area contributed by atoms with E-state index in [2.05, 4.69) is 54.2 Å². The molecular weight excluding hydrogens is 835 g/mol. The lowest BCUT2D eigenvalue weighted by Gasteiger charge is -2.35. The topological polar surface area (TPSA) is 156 Å². The number of aromatic nitrogens is 9. The van der Waals surface area contributed by atoms with Crippen molar-refractivity contribution in [1.29, 1.82) is 0 Å². The van der Waals surface area contributed by atoms with Crippen molar-refractivity contribution < 1.29 is 22.8 Å². The fourth-order valence-corrected chi connectivity index (χ4v) is 10.8. The monoisotopic (exact) mass is 882 g/mol. The third-order valence-electron chi connectivity index (χ3n) is 14.2. The van der Waals surface area contributed by atoms with Crippen molar-refractivity contribution in [2.24, 2.45) is 13.0 Å². The van der Waals surface area contributed by atoms with E-state index in [1.165, 1.54) is 21.5 Å². The number of H-pyrrole nitrogens is 1. The molecule has 4 atom stereocenters. The summed E-state index contributed by atoms with van der Waals surface area (Å²) in [6.07, 6.45) is 6.84. The van der Waals surface area contributed by atoms with Crippen molar-refractivity contribution in [3.63, 3.8) is 0 Å². The summed E-state index contributed by atoms with van der Waals surface area (Å²) in [5.74, 6) is -1.27. The van der Waals surface area contributed by atoms with Gasteiger partial charge in [0.1, 0.15) is 28.4 Å². The summed E-state index contributed by atoms with van der Waals surface area (Å²) in [4.78, 5) is 47.2. The van der Waals surface area contributed by atoms with E-state index < -0.39 is 28.8 Å². The number of imidazole rings is 1. The van der Waals surface area contributed by atoms with Crippen LogP contribution in [0.1, 0.15) is 97.6 Å². The maximum atomic E-state index is 16.1. The van der Waals surface area contributed by atoms with Crippen molar-refractivity contribution in [2.75, 3.05) is 13.2 Å². The number of nitrogens with zero attached hydrogens (tertiary/aromatic N) is 9. The number of nitrogens with one attached hydrogen (secondary N) is 1. The number of fused-ring (bicyclic) bond motifs is 3. The zero-order chi connectivity index (χ0) is 45.4. The van der Waals surface area contributed by atoms with E-state index in [4.69, 9.17) is 14.4 Å². The predicted molar refractivity (Wildman–Crippen MR) is 238 cm³/mol. The highest BCUT2D eigenvalue weighted by Gasteiger charge is 2.59. The largest absolute Gasteiger partial charge is 0.438 e. The van der Waals surface area contributed by atoms with Crippen LogP contribution in [0.15, 0.2) is 81.2 Å². The van der Waals surface area contributed by atoms with Gasteiger partial charge in [0.15, 0.2) is 11.6 Å². The maximum absolute atomic E-state index is 16.1. The van der Waals surface area contributed by atoms with E-state index in [0.29, 0.717) is 63.8 Å². The summed E-state index contributed by atoms with van der Waals surface area (Å²) in [7, 11) is 1.72. The summed E-state index contributed by atoms with van der Waals surface area (Å²) >= 11 is 0. The van der Waals surface area contributed by atoms with E-state index in [9.17, 15) is 9.59 Å². The maximum Gasteiger partial charge on any atom is 0.438 e. The Bertz CT molecular complexity index is 3380. The normalized spacial score (nSPS) is 21.7. The Morgan fingerprint density at radius 2 is 1.66 bits per heavy atom. The molecule has 3 aliphatic rings. The molecule has 65 heavy (non-hydrogen) atoms. The lowest BCUT2D eigenvalue weighted by Crippen LogP contribution is -2.43. The van der Waals surface area contributed by atoms with Crippen LogP contribution in [0.3, 0.4) is 0 Å². The second kappa shape index (κ2) is 14.3. The van der Waals surface area contributed by atoms with Gasteiger partial charge in [0.25, 0.3) is 5.91 Å². The summed E-state index contributed by atoms with van der Waals surface area (Å²) in [5, 5.41) is 14.6. The fraction of sp³-hybridized carbons (Fsp3) is 0.375. The molecule has 334 valence electrons. The third kappa shape index (κ3) is 6.14. The zero-order valence-corrected chi connectivity index (χ0v) is 37.1. The van der Waals surface area contributed by atoms with Crippen LogP contribution in [0.5, 0.6) is 0 Å². The molecule has 7 heterocycles. The Hall–Kier alpha value is -6.88. The molecule has 1 saturated heterocycles. The first-order valence-corrected chi connectivity index (χ1v) is 22.0. The first-order valence-electron chi connectivity index (χ1n) is 22.0. The number of amides is 1. The van der Waals surface area contributed by atoms with E-state index >= 15 is 13.6 Å². The fourth-order valence-electron chi connectivity index (χ4n) is 10.8. The van der Waals surface area contributed by atoms with Crippen molar-refractivity contribution in [3.05, 3.63) is 134 Å². The first kappa shape index (κ1) is 40.9. The molecule has 2 aliphatic heterocycles. The summed E-state index contributed by atoms with van der Waals surface area (Å²) in [6, 6.07) is 14.3. The number of carbonyl (C=O) groups excluding carboxylic acids is 1. The van der Waals surface area contributed by atoms with E-state index in [1.807, 2.05) is 17.6 Å². The molecule has 5 aromatic heterocycles. The molecule has 1 saturated carbocycles. The molecule has 17 heteroatoms. The second-order valence-corrected chi connectivity index (χ2v) is 18.8. The van der Waals surface area contributed by atoms with Gasteiger partial charge >= 0.3 is 11.4 Å². The van der Waals surface area contributed by atoms with Crippen LogP contribution < -0.4 is 11.4 Å². The number of halogens is 2. The van der Waals surface area contributed by atoms with Crippen LogP contribution in [0.4, 0.5) is 8.78 Å². The number of rotatable bonds is 7. The van der Waals surface area contributed by atoms with Crippen LogP contribution in [-0.4, -0.2) is 73.0 Å². The lowest BCUT2D eigenvalue weighted by molar-refractivity contribution is -0.0592. The van der Waals surface area contributed by atoms with Gasteiger partial charge in [-0.3, -0.25) is 32.8 Å². The molecule has 3 aromatic carbocycles. The summed E-state index contributed by atoms with van der Waals surface area (Å²) < 4.78 is 50.4. The minimum absolute atomic E-state index is 0.00187. The number of benzene rings is 3. The van der Waals surface area contributed by atoms with Crippen LogP contribution in [0, 0.1) is 31.4 Å². The highest BCUT2D eigenvalue weighted by Crippen LogP contribution is 2.56. The van der Waals surface area contributed by atoms with Gasteiger partial charge in [-0.15, -0.1) is 0 Å². The predicted octanol–water partition coefficient (Wildman–Crippen LogP) is 7.58. The quantitative estimate of drug-likeness (QED) is 0.172. The Kier molecular flexibility index (Phi) is 9.00. The number of hydrogen-bond donors (Lipinski definition) is 1. The average molecular weight is 883 g/mol. The highest BCUT2D eigenvalue weighted by molar-refractivity contribution is 6.00. The first-order chi connectivity index (χ1) is 31.1. The molecule has 11 rings (SSSR count). The van der Waals surface area contributed by atoms with E-state index in [-0.39, 0.29) is 53.3 Å². The van der Waals surface area contributed by atoms with Gasteiger partial charge in [-0.05, 0) is 125 Å². The molecule has 0 bridgehead atoms. The van der Waals surface area contributed by atoms with Gasteiger partial charge in [0, 0.05) is 49.1 Å². The summed E-state index contributed by atoms with van der Waals surface area (Å²) in [5.41, 5.74) is 4.11. The van der Waals surface area contributed by atoms with Crippen molar-refractivity contribution in [3.8, 4) is 22.6 Å². The molecule has 2 fully saturated rings. The third-order valence-corrected chi connectivity index (χ3v) is 14.2. The van der Waals surface area contributed by atoms with Crippen molar-refractivity contribution in [2.45, 2.75) is 90.4 Å². The lowest BCUT2D eigenvalue weighted by atomic mass is 9.83. The Morgan fingerprint density at radius 3 is 2.37 bits per heavy atom. The molecule has 1 N–H and O–H groups in total. The van der Waals surface area contributed by atoms with Crippen LogP contribution in [0.25, 0.3) is 44.4 Å². The van der Waals surface area contributed by atoms with Gasteiger partial charge < -0.3 is 14.2 Å². The van der Waals surface area contributed by atoms with E-state index in [0.717, 1.165) is 29.3 Å². The van der Waals surface area contributed by atoms with Gasteiger partial charge in [-0.25, -0.2) is 18.4 Å². The van der Waals surface area contributed by atoms with Crippen molar-refractivity contribution >= 4 is 27.7 Å². The number of ether oxygens (including phenoxy) is 1. The van der Waals surface area contributed by atoms with Gasteiger partial charge in [0.2, 0.25) is 0 Å². The minimum Gasteiger partial charge on any atom is -0.376 e. The van der Waals surface area contributed by atoms with Gasteiger partial charge in [-0.2, -0.15) is 10.2 Å². The number of aryl methyl sites for hydroxylation is 3. The number of carbonyl (C=O) groups is 1. The highest BCUT2D eigenvalue weighted by atomic mass is 19.1. The molecular formula is C48H48F2N10O5. The van der Waals surface area contributed by atoms with Crippen molar-refractivity contribution in [1.82, 2.24) is 48.3 Å². The molecule has 0 radical (unpaired) electrons. The van der Waals surface area contributed by atoms with E-state index in [1.54, 1.807) is 65.6 Å². The molecule has 1 amide bonds. The van der Waals surface area contributed by atoms with Crippen LogP contribution in [-0.2, 0) is 23.9 Å².